The van der Waals surface area contributed by atoms with Gasteiger partial charge >= 0.3 is 0 Å². The van der Waals surface area contributed by atoms with E-state index in [-0.39, 0.29) is 0 Å². The summed E-state index contributed by atoms with van der Waals surface area (Å²) in [6.07, 6.45) is 1.54. The number of aromatic nitrogens is 3. The van der Waals surface area contributed by atoms with Crippen molar-refractivity contribution in [1.29, 1.82) is 0 Å². The van der Waals surface area contributed by atoms with E-state index < -0.39 is 0 Å². The Bertz CT molecular complexity index is 756. The lowest BCUT2D eigenvalue weighted by Crippen LogP contribution is -2.38. The first-order valence-electron chi connectivity index (χ1n) is 9.54. The normalized spacial score (nSPS) is 15.4. The zero-order valence-corrected chi connectivity index (χ0v) is 16.6. The number of ether oxygens (including phenoxy) is 2. The summed E-state index contributed by atoms with van der Waals surface area (Å²) in [5.74, 6) is 2.44. The highest BCUT2D eigenvalue weighted by Crippen LogP contribution is 2.13. The van der Waals surface area contributed by atoms with Crippen LogP contribution in [0.25, 0.3) is 0 Å². The van der Waals surface area contributed by atoms with Gasteiger partial charge in [-0.15, -0.1) is 0 Å². The zero-order chi connectivity index (χ0) is 19.6. The summed E-state index contributed by atoms with van der Waals surface area (Å²) in [6, 6.07) is 8.13. The van der Waals surface area contributed by atoms with Crippen LogP contribution < -0.4 is 15.4 Å². The van der Waals surface area contributed by atoms with Crippen LogP contribution in [0.5, 0.6) is 5.75 Å². The van der Waals surface area contributed by atoms with Gasteiger partial charge in [-0.25, -0.2) is 4.98 Å². The van der Waals surface area contributed by atoms with Gasteiger partial charge < -0.3 is 20.1 Å². The molecule has 0 amide bonds. The Morgan fingerprint density at radius 3 is 2.82 bits per heavy atom. The number of guanidine groups is 1. The lowest BCUT2D eigenvalue weighted by atomic mass is 10.2. The number of aryl methyl sites for hydroxylation is 1. The van der Waals surface area contributed by atoms with Crippen molar-refractivity contribution in [2.75, 3.05) is 46.5 Å². The molecular formula is C19H29N7O2. The Hall–Kier alpha value is -2.65. The topological polar surface area (TPSA) is 88.8 Å². The third-order valence-electron chi connectivity index (χ3n) is 4.58. The van der Waals surface area contributed by atoms with Gasteiger partial charge in [-0.3, -0.25) is 14.6 Å². The summed E-state index contributed by atoms with van der Waals surface area (Å²) in [6.45, 7) is 6.39. The van der Waals surface area contributed by atoms with E-state index in [4.69, 9.17) is 9.47 Å². The maximum Gasteiger partial charge on any atom is 0.191 e. The molecule has 0 radical (unpaired) electrons. The smallest absolute Gasteiger partial charge is 0.191 e. The fourth-order valence-electron chi connectivity index (χ4n) is 2.91. The summed E-state index contributed by atoms with van der Waals surface area (Å²) in [5, 5.41) is 10.6. The summed E-state index contributed by atoms with van der Waals surface area (Å²) in [5.41, 5.74) is 1.13. The molecule has 0 aliphatic carbocycles. The number of benzene rings is 1. The lowest BCUT2D eigenvalue weighted by molar-refractivity contribution is 0.0322. The predicted octanol–water partition coefficient (Wildman–Crippen LogP) is 0.391. The molecule has 0 bridgehead atoms. The quantitative estimate of drug-likeness (QED) is 0.500. The number of aliphatic imine (C=N–C) groups is 1. The van der Waals surface area contributed by atoms with Crippen molar-refractivity contribution in [2.24, 2.45) is 12.0 Å². The van der Waals surface area contributed by atoms with E-state index in [1.165, 1.54) is 6.33 Å². The molecule has 9 heteroatoms. The molecule has 2 heterocycles. The summed E-state index contributed by atoms with van der Waals surface area (Å²) in [4.78, 5) is 10.8. The maximum atomic E-state index is 5.92. The Morgan fingerprint density at radius 1 is 1.25 bits per heavy atom. The summed E-state index contributed by atoms with van der Waals surface area (Å²) in [7, 11) is 3.61. The van der Waals surface area contributed by atoms with Gasteiger partial charge in [-0.2, -0.15) is 5.10 Å². The molecule has 9 nitrogen and oxygen atoms in total. The van der Waals surface area contributed by atoms with Crippen molar-refractivity contribution < 1.29 is 9.47 Å². The highest BCUT2D eigenvalue weighted by molar-refractivity contribution is 5.79. The minimum atomic E-state index is 0.556. The van der Waals surface area contributed by atoms with E-state index in [9.17, 15) is 0 Å². The molecule has 2 aromatic rings. The molecule has 1 fully saturated rings. The van der Waals surface area contributed by atoms with Crippen molar-refractivity contribution in [3.63, 3.8) is 0 Å². The first-order valence-corrected chi connectivity index (χ1v) is 9.54. The minimum Gasteiger partial charge on any atom is -0.492 e. The number of hydrogen-bond acceptors (Lipinski definition) is 6. The van der Waals surface area contributed by atoms with Gasteiger partial charge in [0.15, 0.2) is 5.96 Å². The molecule has 1 aliphatic heterocycles. The molecule has 1 aromatic carbocycles. The average Bonchev–Trinajstić information content (AvgIpc) is 3.14. The molecule has 28 heavy (non-hydrogen) atoms. The van der Waals surface area contributed by atoms with Crippen LogP contribution in [0.3, 0.4) is 0 Å². The van der Waals surface area contributed by atoms with Crippen molar-refractivity contribution in [3.05, 3.63) is 42.0 Å². The molecule has 0 saturated carbocycles. The first-order chi connectivity index (χ1) is 13.7. The van der Waals surface area contributed by atoms with Crippen molar-refractivity contribution in [1.82, 2.24) is 30.3 Å². The van der Waals surface area contributed by atoms with Crippen LogP contribution in [0, 0.1) is 0 Å². The van der Waals surface area contributed by atoms with Gasteiger partial charge in [0.2, 0.25) is 0 Å². The van der Waals surface area contributed by atoms with Gasteiger partial charge in [0, 0.05) is 40.3 Å². The van der Waals surface area contributed by atoms with Crippen LogP contribution >= 0.6 is 0 Å². The minimum absolute atomic E-state index is 0.556. The van der Waals surface area contributed by atoms with Crippen molar-refractivity contribution >= 4 is 5.96 Å². The van der Waals surface area contributed by atoms with E-state index in [1.54, 1.807) is 11.7 Å². The monoisotopic (exact) mass is 387 g/mol. The van der Waals surface area contributed by atoms with E-state index >= 15 is 0 Å². The van der Waals surface area contributed by atoms with Crippen LogP contribution in [0.1, 0.15) is 11.4 Å². The SMILES string of the molecule is CN=C(NCc1cccc(OCCN2CCOCC2)c1)NCc1ncnn1C. The molecule has 1 aromatic heterocycles. The Kier molecular flexibility index (Phi) is 7.62. The number of nitrogens with zero attached hydrogens (tertiary/aromatic N) is 5. The highest BCUT2D eigenvalue weighted by atomic mass is 16.5. The third-order valence-corrected chi connectivity index (χ3v) is 4.58. The Labute approximate surface area is 165 Å². The van der Waals surface area contributed by atoms with Crippen LogP contribution in [-0.4, -0.2) is 72.1 Å². The number of rotatable bonds is 8. The molecule has 0 spiro atoms. The fraction of sp³-hybridized carbons (Fsp3) is 0.526. The second-order valence-corrected chi connectivity index (χ2v) is 6.53. The molecule has 0 unspecified atom stereocenters. The fourth-order valence-corrected chi connectivity index (χ4v) is 2.91. The molecule has 1 saturated heterocycles. The van der Waals surface area contributed by atoms with Gasteiger partial charge in [-0.1, -0.05) is 12.1 Å². The van der Waals surface area contributed by atoms with E-state index in [2.05, 4.69) is 42.7 Å². The summed E-state index contributed by atoms with van der Waals surface area (Å²) >= 11 is 0. The molecule has 3 rings (SSSR count). The predicted molar refractivity (Wildman–Crippen MR) is 107 cm³/mol. The first kappa shape index (κ1) is 20.1. The van der Waals surface area contributed by atoms with Crippen molar-refractivity contribution in [3.8, 4) is 5.75 Å². The molecule has 2 N–H and O–H groups in total. The van der Waals surface area contributed by atoms with Gasteiger partial charge in [0.05, 0.1) is 19.8 Å². The largest absolute Gasteiger partial charge is 0.492 e. The van der Waals surface area contributed by atoms with Crippen LogP contribution in [0.2, 0.25) is 0 Å². The van der Waals surface area contributed by atoms with Crippen LogP contribution in [-0.2, 0) is 24.9 Å². The van der Waals surface area contributed by atoms with Gasteiger partial charge in [0.25, 0.3) is 0 Å². The summed E-state index contributed by atoms with van der Waals surface area (Å²) < 4.78 is 13.0. The number of nitrogens with one attached hydrogen (secondary N) is 2. The second-order valence-electron chi connectivity index (χ2n) is 6.53. The van der Waals surface area contributed by atoms with E-state index in [0.29, 0.717) is 25.7 Å². The van der Waals surface area contributed by atoms with Crippen molar-refractivity contribution in [2.45, 2.75) is 13.1 Å². The standard InChI is InChI=1S/C19H29N7O2/c1-20-19(22-14-18-23-15-24-25(18)2)21-13-16-4-3-5-17(12-16)28-11-8-26-6-9-27-10-7-26/h3-5,12,15H,6-11,13-14H2,1-2H3,(H2,20,21,22). The number of morpholine rings is 1. The Morgan fingerprint density at radius 2 is 2.07 bits per heavy atom. The highest BCUT2D eigenvalue weighted by Gasteiger charge is 2.10. The second kappa shape index (κ2) is 10.6. The van der Waals surface area contributed by atoms with Gasteiger partial charge in [0.1, 0.15) is 24.5 Å². The molecule has 0 atom stereocenters. The van der Waals surface area contributed by atoms with Gasteiger partial charge in [-0.05, 0) is 17.7 Å². The maximum absolute atomic E-state index is 5.92. The van der Waals surface area contributed by atoms with E-state index in [1.807, 2.05) is 19.2 Å². The van der Waals surface area contributed by atoms with E-state index in [0.717, 1.165) is 50.0 Å². The molecule has 1 aliphatic rings. The van der Waals surface area contributed by atoms with Crippen LogP contribution in [0.15, 0.2) is 35.6 Å². The third kappa shape index (κ3) is 6.21. The zero-order valence-electron chi connectivity index (χ0n) is 16.6. The molecule has 152 valence electrons. The lowest BCUT2D eigenvalue weighted by Gasteiger charge is -2.26. The average molecular weight is 387 g/mol. The molecular weight excluding hydrogens is 358 g/mol. The number of hydrogen-bond donors (Lipinski definition) is 2. The Balaban J connectivity index is 1.42. The van der Waals surface area contributed by atoms with Crippen LogP contribution in [0.4, 0.5) is 0 Å².